The van der Waals surface area contributed by atoms with E-state index in [0.717, 1.165) is 44.4 Å². The molecule has 2 heterocycles. The third kappa shape index (κ3) is 2.20. The molecule has 0 bridgehead atoms. The van der Waals surface area contributed by atoms with Crippen LogP contribution in [0.2, 0.25) is 0 Å². The van der Waals surface area contributed by atoms with Crippen molar-refractivity contribution < 1.29 is 4.42 Å². The number of benzene rings is 3. The van der Waals surface area contributed by atoms with Crippen LogP contribution in [-0.2, 0) is 0 Å². The number of nitrogens with zero attached hydrogens (tertiary/aromatic N) is 1. The normalized spacial score (nSPS) is 11.4. The van der Waals surface area contributed by atoms with Gasteiger partial charge in [0.05, 0.1) is 11.2 Å². The Morgan fingerprint density at radius 2 is 1.56 bits per heavy atom. The first-order valence-electron chi connectivity index (χ1n) is 9.03. The Morgan fingerprint density at radius 1 is 0.815 bits per heavy atom. The number of para-hydroxylation sites is 1. The Kier molecular flexibility index (Phi) is 3.34. The van der Waals surface area contributed by atoms with E-state index >= 15 is 0 Å². The largest absolute Gasteiger partial charge is 0.456 e. The molecule has 5 aromatic rings. The standard InChI is InChI=1S/C25H19NO/c1-4-18-19-8-6-7-9-23(19)26(22(18)5-2)17-11-13-25-21(15-17)20-14-16(3)10-12-24(20)27-25/h4-15H,1-2H2,3H3. The van der Waals surface area contributed by atoms with E-state index in [1.807, 2.05) is 18.2 Å². The van der Waals surface area contributed by atoms with Gasteiger partial charge in [0.2, 0.25) is 0 Å². The van der Waals surface area contributed by atoms with Crippen LogP contribution in [0.1, 0.15) is 16.8 Å². The molecular weight excluding hydrogens is 330 g/mol. The van der Waals surface area contributed by atoms with Crippen LogP contribution in [0.4, 0.5) is 0 Å². The summed E-state index contributed by atoms with van der Waals surface area (Å²) in [5.41, 5.74) is 7.43. The van der Waals surface area contributed by atoms with Gasteiger partial charge in [0.1, 0.15) is 11.2 Å². The Balaban J connectivity index is 1.88. The minimum Gasteiger partial charge on any atom is -0.456 e. The van der Waals surface area contributed by atoms with E-state index in [9.17, 15) is 0 Å². The van der Waals surface area contributed by atoms with Crippen molar-refractivity contribution in [3.05, 3.63) is 90.6 Å². The number of aromatic nitrogens is 1. The highest BCUT2D eigenvalue weighted by Gasteiger charge is 2.15. The summed E-state index contributed by atoms with van der Waals surface area (Å²) >= 11 is 0. The number of hydrogen-bond donors (Lipinski definition) is 0. The summed E-state index contributed by atoms with van der Waals surface area (Å²) < 4.78 is 8.27. The van der Waals surface area contributed by atoms with Gasteiger partial charge in [-0.25, -0.2) is 0 Å². The van der Waals surface area contributed by atoms with Crippen LogP contribution in [-0.4, -0.2) is 4.57 Å². The molecule has 27 heavy (non-hydrogen) atoms. The van der Waals surface area contributed by atoms with Crippen molar-refractivity contribution in [3.8, 4) is 5.69 Å². The summed E-state index contributed by atoms with van der Waals surface area (Å²) in [6.45, 7) is 10.2. The summed E-state index contributed by atoms with van der Waals surface area (Å²) in [7, 11) is 0. The van der Waals surface area contributed by atoms with Crippen molar-refractivity contribution >= 4 is 45.0 Å². The second-order valence-electron chi connectivity index (χ2n) is 6.84. The minimum absolute atomic E-state index is 0.903. The Bertz CT molecular complexity index is 1360. The van der Waals surface area contributed by atoms with Gasteiger partial charge in [0, 0.05) is 27.4 Å². The fraction of sp³-hybridized carbons (Fsp3) is 0.0400. The van der Waals surface area contributed by atoms with Crippen molar-refractivity contribution in [3.63, 3.8) is 0 Å². The Hall–Kier alpha value is -3.52. The third-order valence-corrected chi connectivity index (χ3v) is 5.22. The monoisotopic (exact) mass is 349 g/mol. The number of aryl methyl sites for hydroxylation is 1. The first-order chi connectivity index (χ1) is 13.2. The van der Waals surface area contributed by atoms with Gasteiger partial charge in [0.15, 0.2) is 0 Å². The van der Waals surface area contributed by atoms with Gasteiger partial charge in [-0.05, 0) is 49.4 Å². The van der Waals surface area contributed by atoms with Gasteiger partial charge in [-0.2, -0.15) is 0 Å². The molecule has 0 fully saturated rings. The molecule has 0 aliphatic heterocycles. The molecule has 0 N–H and O–H groups in total. The highest BCUT2D eigenvalue weighted by molar-refractivity contribution is 6.06. The van der Waals surface area contributed by atoms with Crippen LogP contribution in [0.3, 0.4) is 0 Å². The average molecular weight is 349 g/mol. The summed E-state index contributed by atoms with van der Waals surface area (Å²) in [5, 5.41) is 3.45. The van der Waals surface area contributed by atoms with Gasteiger partial charge in [-0.1, -0.05) is 49.1 Å². The zero-order valence-corrected chi connectivity index (χ0v) is 15.2. The van der Waals surface area contributed by atoms with E-state index in [1.165, 1.54) is 10.9 Å². The first kappa shape index (κ1) is 15.7. The fourth-order valence-electron chi connectivity index (χ4n) is 4.00. The van der Waals surface area contributed by atoms with E-state index in [-0.39, 0.29) is 0 Å². The van der Waals surface area contributed by atoms with Crippen LogP contribution >= 0.6 is 0 Å². The summed E-state index contributed by atoms with van der Waals surface area (Å²) in [4.78, 5) is 0. The van der Waals surface area contributed by atoms with Crippen molar-refractivity contribution in [1.82, 2.24) is 4.57 Å². The van der Waals surface area contributed by atoms with Gasteiger partial charge in [-0.15, -0.1) is 0 Å². The molecule has 0 saturated carbocycles. The molecule has 0 unspecified atom stereocenters. The van der Waals surface area contributed by atoms with E-state index in [0.29, 0.717) is 0 Å². The summed E-state index contributed by atoms with van der Waals surface area (Å²) in [6, 6.07) is 21.0. The molecule has 2 nitrogen and oxygen atoms in total. The molecule has 130 valence electrons. The molecule has 2 heteroatoms. The quantitative estimate of drug-likeness (QED) is 0.339. The Labute approximate surface area is 157 Å². The predicted molar refractivity (Wildman–Crippen MR) is 115 cm³/mol. The van der Waals surface area contributed by atoms with Crippen LogP contribution in [0.25, 0.3) is 50.7 Å². The molecule has 0 atom stereocenters. The molecule has 3 aromatic carbocycles. The topological polar surface area (TPSA) is 18.1 Å². The van der Waals surface area contributed by atoms with Crippen molar-refractivity contribution in [2.75, 3.05) is 0 Å². The van der Waals surface area contributed by atoms with Gasteiger partial charge in [-0.3, -0.25) is 0 Å². The lowest BCUT2D eigenvalue weighted by molar-refractivity contribution is 0.669. The van der Waals surface area contributed by atoms with E-state index < -0.39 is 0 Å². The molecule has 0 spiro atoms. The lowest BCUT2D eigenvalue weighted by Gasteiger charge is -2.09. The van der Waals surface area contributed by atoms with Gasteiger partial charge in [0.25, 0.3) is 0 Å². The maximum atomic E-state index is 6.02. The SMILES string of the molecule is C=Cc1c(C=C)n(-c2ccc3oc4ccc(C)cc4c3c2)c2ccccc12. The predicted octanol–water partition coefficient (Wildman–Crippen LogP) is 7.12. The van der Waals surface area contributed by atoms with Crippen molar-refractivity contribution in [1.29, 1.82) is 0 Å². The fourth-order valence-corrected chi connectivity index (χ4v) is 4.00. The molecule has 0 aliphatic rings. The minimum atomic E-state index is 0.903. The molecule has 0 radical (unpaired) electrons. The number of rotatable bonds is 3. The number of fused-ring (bicyclic) bond motifs is 4. The second kappa shape index (κ2) is 5.75. The van der Waals surface area contributed by atoms with Crippen molar-refractivity contribution in [2.24, 2.45) is 0 Å². The van der Waals surface area contributed by atoms with E-state index in [1.54, 1.807) is 0 Å². The maximum absolute atomic E-state index is 6.02. The third-order valence-electron chi connectivity index (χ3n) is 5.22. The number of hydrogen-bond acceptors (Lipinski definition) is 1. The molecule has 0 saturated heterocycles. The van der Waals surface area contributed by atoms with Gasteiger partial charge >= 0.3 is 0 Å². The lowest BCUT2D eigenvalue weighted by atomic mass is 10.1. The van der Waals surface area contributed by atoms with Gasteiger partial charge < -0.3 is 8.98 Å². The van der Waals surface area contributed by atoms with Crippen LogP contribution in [0.15, 0.2) is 78.2 Å². The maximum Gasteiger partial charge on any atom is 0.135 e. The van der Waals surface area contributed by atoms with Crippen LogP contribution in [0, 0.1) is 6.92 Å². The molecule has 0 amide bonds. The zero-order valence-electron chi connectivity index (χ0n) is 15.2. The first-order valence-corrected chi connectivity index (χ1v) is 9.03. The molecule has 5 rings (SSSR count). The smallest absolute Gasteiger partial charge is 0.135 e. The number of furan rings is 1. The average Bonchev–Trinajstić information content (AvgIpc) is 3.22. The Morgan fingerprint density at radius 3 is 2.33 bits per heavy atom. The van der Waals surface area contributed by atoms with E-state index in [2.05, 4.69) is 79.2 Å². The summed E-state index contributed by atoms with van der Waals surface area (Å²) in [5.74, 6) is 0. The van der Waals surface area contributed by atoms with E-state index in [4.69, 9.17) is 4.42 Å². The molecule has 2 aromatic heterocycles. The highest BCUT2D eigenvalue weighted by atomic mass is 16.3. The van der Waals surface area contributed by atoms with Crippen molar-refractivity contribution in [2.45, 2.75) is 6.92 Å². The second-order valence-corrected chi connectivity index (χ2v) is 6.84. The molecule has 0 aliphatic carbocycles. The van der Waals surface area contributed by atoms with Crippen LogP contribution < -0.4 is 0 Å². The molecular formula is C25H19NO. The summed E-state index contributed by atoms with van der Waals surface area (Å²) in [6.07, 6.45) is 3.81. The lowest BCUT2D eigenvalue weighted by Crippen LogP contribution is -1.96. The highest BCUT2D eigenvalue weighted by Crippen LogP contribution is 2.35. The van der Waals surface area contributed by atoms with Crippen LogP contribution in [0.5, 0.6) is 0 Å². The zero-order chi connectivity index (χ0) is 18.5.